The number of rotatable bonds is 13. The highest BCUT2D eigenvalue weighted by molar-refractivity contribution is 6.17. The van der Waals surface area contributed by atoms with E-state index in [-0.39, 0.29) is 0 Å². The Hall–Kier alpha value is 0.250. The molecule has 0 amide bonds. The highest BCUT2D eigenvalue weighted by atomic mass is 35.5. The number of quaternary nitrogens is 1. The summed E-state index contributed by atoms with van der Waals surface area (Å²) in [6, 6.07) is 0.946. The van der Waals surface area contributed by atoms with Crippen LogP contribution in [0.5, 0.6) is 0 Å². The summed E-state index contributed by atoms with van der Waals surface area (Å²) >= 11 is 5.69. The van der Waals surface area contributed by atoms with Crippen LogP contribution in [0.3, 0.4) is 0 Å². The van der Waals surface area contributed by atoms with E-state index in [1.54, 1.807) is 0 Å². The van der Waals surface area contributed by atoms with Gasteiger partial charge in [0.1, 0.15) is 0 Å². The topological polar surface area (TPSA) is 0 Å². The van der Waals surface area contributed by atoms with E-state index in [0.717, 1.165) is 11.9 Å². The minimum absolute atomic E-state index is 0.843. The number of hydrogen-bond donors (Lipinski definition) is 0. The van der Waals surface area contributed by atoms with Crippen LogP contribution in [0.15, 0.2) is 0 Å². The molecule has 0 unspecified atom stereocenters. The zero-order chi connectivity index (χ0) is 16.1. The monoisotopic (exact) mass is 330 g/mol. The molecule has 0 saturated heterocycles. The maximum Gasteiger partial charge on any atom is 0.0886 e. The lowest BCUT2D eigenvalue weighted by atomic mass is 9.93. The Morgan fingerprint density at radius 2 is 1.14 bits per heavy atom. The Balaban J connectivity index is 1.90. The third-order valence-corrected chi connectivity index (χ3v) is 5.95. The Labute approximate surface area is 145 Å². The van der Waals surface area contributed by atoms with Gasteiger partial charge in [0.25, 0.3) is 0 Å². The van der Waals surface area contributed by atoms with Gasteiger partial charge in [0, 0.05) is 5.88 Å². The van der Waals surface area contributed by atoms with Crippen LogP contribution in [0.1, 0.15) is 96.3 Å². The largest absolute Gasteiger partial charge is 0.326 e. The van der Waals surface area contributed by atoms with E-state index < -0.39 is 0 Å². The van der Waals surface area contributed by atoms with Gasteiger partial charge in [-0.15, -0.1) is 11.6 Å². The smallest absolute Gasteiger partial charge is 0.0886 e. The summed E-state index contributed by atoms with van der Waals surface area (Å²) in [4.78, 5) is 0. The van der Waals surface area contributed by atoms with Gasteiger partial charge in [-0.3, -0.25) is 0 Å². The van der Waals surface area contributed by atoms with Crippen LogP contribution in [0.2, 0.25) is 0 Å². The van der Waals surface area contributed by atoms with Gasteiger partial charge in [-0.2, -0.15) is 0 Å². The molecule has 0 heterocycles. The second-order valence-corrected chi connectivity index (χ2v) is 8.40. The van der Waals surface area contributed by atoms with Gasteiger partial charge in [-0.05, 0) is 44.9 Å². The lowest BCUT2D eigenvalue weighted by molar-refractivity contribution is -0.916. The molecule has 0 spiro atoms. The molecule has 1 rings (SSSR count). The van der Waals surface area contributed by atoms with Crippen molar-refractivity contribution in [3.05, 3.63) is 0 Å². The lowest BCUT2D eigenvalue weighted by Gasteiger charge is -2.40. The van der Waals surface area contributed by atoms with Gasteiger partial charge < -0.3 is 4.48 Å². The first kappa shape index (κ1) is 20.3. The van der Waals surface area contributed by atoms with E-state index in [1.165, 1.54) is 107 Å². The molecule has 132 valence electrons. The number of hydrogen-bond acceptors (Lipinski definition) is 0. The summed E-state index contributed by atoms with van der Waals surface area (Å²) in [6.07, 6.45) is 21.4. The number of halogens is 1. The first-order valence-electron chi connectivity index (χ1n) is 10.1. The summed E-state index contributed by atoms with van der Waals surface area (Å²) in [7, 11) is 4.94. The van der Waals surface area contributed by atoms with Crippen molar-refractivity contribution in [3.63, 3.8) is 0 Å². The van der Waals surface area contributed by atoms with Gasteiger partial charge in [-0.25, -0.2) is 0 Å². The van der Waals surface area contributed by atoms with Crippen molar-refractivity contribution >= 4 is 11.6 Å². The summed E-state index contributed by atoms with van der Waals surface area (Å²) < 4.78 is 1.28. The van der Waals surface area contributed by atoms with E-state index in [9.17, 15) is 0 Å². The molecule has 0 aliphatic heterocycles. The fourth-order valence-corrected chi connectivity index (χ4v) is 4.18. The normalized spacial score (nSPS) is 17.0. The first-order chi connectivity index (χ1) is 10.7. The Morgan fingerprint density at radius 1 is 0.682 bits per heavy atom. The molecule has 1 aliphatic carbocycles. The van der Waals surface area contributed by atoms with E-state index in [1.807, 2.05) is 0 Å². The fourth-order valence-electron chi connectivity index (χ4n) is 3.99. The average molecular weight is 331 g/mol. The van der Waals surface area contributed by atoms with Gasteiger partial charge >= 0.3 is 0 Å². The van der Waals surface area contributed by atoms with Crippen LogP contribution in [0.25, 0.3) is 0 Å². The van der Waals surface area contributed by atoms with Gasteiger partial charge in [0.15, 0.2) is 0 Å². The van der Waals surface area contributed by atoms with E-state index in [4.69, 9.17) is 11.6 Å². The molecule has 2 heteroatoms. The number of alkyl halides is 1. The zero-order valence-electron chi connectivity index (χ0n) is 15.4. The van der Waals surface area contributed by atoms with Crippen LogP contribution < -0.4 is 0 Å². The van der Waals surface area contributed by atoms with Gasteiger partial charge in [0.2, 0.25) is 0 Å². The molecule has 0 radical (unpaired) electrons. The van der Waals surface area contributed by atoms with Crippen LogP contribution in [-0.2, 0) is 0 Å². The highest BCUT2D eigenvalue weighted by Crippen LogP contribution is 2.26. The highest BCUT2D eigenvalue weighted by Gasteiger charge is 2.28. The molecule has 0 bridgehead atoms. The van der Waals surface area contributed by atoms with Crippen molar-refractivity contribution < 1.29 is 4.48 Å². The first-order valence-corrected chi connectivity index (χ1v) is 10.6. The molecular formula is C20H41ClN+. The summed E-state index contributed by atoms with van der Waals surface area (Å²) in [5.74, 6) is 0.843. The molecule has 0 N–H and O–H groups in total. The molecule has 22 heavy (non-hydrogen) atoms. The summed E-state index contributed by atoms with van der Waals surface area (Å²) in [6.45, 7) is 1.39. The Kier molecular flexibility index (Phi) is 11.7. The van der Waals surface area contributed by atoms with Crippen LogP contribution in [0.4, 0.5) is 0 Å². The van der Waals surface area contributed by atoms with E-state index in [2.05, 4.69) is 14.1 Å². The van der Waals surface area contributed by atoms with Crippen LogP contribution in [-0.4, -0.2) is 37.0 Å². The molecule has 0 aromatic heterocycles. The van der Waals surface area contributed by atoms with Gasteiger partial charge in [-0.1, -0.05) is 51.4 Å². The summed E-state index contributed by atoms with van der Waals surface area (Å²) in [5, 5.41) is 0. The quantitative estimate of drug-likeness (QED) is 0.204. The number of nitrogens with zero attached hydrogens (tertiary/aromatic N) is 1. The molecule has 0 aromatic rings. The summed E-state index contributed by atoms with van der Waals surface area (Å²) in [5.41, 5.74) is 0. The molecule has 0 atom stereocenters. The maximum absolute atomic E-state index is 5.69. The third kappa shape index (κ3) is 9.40. The van der Waals surface area contributed by atoms with E-state index in [0.29, 0.717) is 0 Å². The van der Waals surface area contributed by atoms with Crippen LogP contribution >= 0.6 is 11.6 Å². The van der Waals surface area contributed by atoms with Gasteiger partial charge in [0.05, 0.1) is 26.7 Å². The SMILES string of the molecule is C[N+](C)(CCCCCCCCCCCCCl)C1CCCCC1. The standard InChI is InChI=1S/C20H41ClN/c1-22(2,20-16-12-11-13-17-20)19-15-10-8-6-4-3-5-7-9-14-18-21/h20H,3-19H2,1-2H3/q+1. The second kappa shape index (κ2) is 12.6. The predicted molar refractivity (Wildman–Crippen MR) is 101 cm³/mol. The van der Waals surface area contributed by atoms with Crippen molar-refractivity contribution in [2.24, 2.45) is 0 Å². The molecule has 1 nitrogen and oxygen atoms in total. The fraction of sp³-hybridized carbons (Fsp3) is 1.00. The maximum atomic E-state index is 5.69. The second-order valence-electron chi connectivity index (χ2n) is 8.02. The molecule has 1 aliphatic rings. The van der Waals surface area contributed by atoms with Crippen molar-refractivity contribution in [3.8, 4) is 0 Å². The molecule has 1 saturated carbocycles. The number of unbranched alkanes of at least 4 members (excludes halogenated alkanes) is 9. The lowest BCUT2D eigenvalue weighted by Crippen LogP contribution is -2.50. The molecular weight excluding hydrogens is 290 g/mol. The predicted octanol–water partition coefficient (Wildman–Crippen LogP) is 6.54. The van der Waals surface area contributed by atoms with Crippen molar-refractivity contribution in [1.29, 1.82) is 0 Å². The van der Waals surface area contributed by atoms with Crippen molar-refractivity contribution in [1.82, 2.24) is 0 Å². The zero-order valence-corrected chi connectivity index (χ0v) is 16.2. The third-order valence-electron chi connectivity index (χ3n) is 5.68. The minimum atomic E-state index is 0.843. The Morgan fingerprint density at radius 3 is 1.64 bits per heavy atom. The molecule has 1 fully saturated rings. The van der Waals surface area contributed by atoms with Crippen molar-refractivity contribution in [2.75, 3.05) is 26.5 Å². The van der Waals surface area contributed by atoms with Crippen molar-refractivity contribution in [2.45, 2.75) is 102 Å². The average Bonchev–Trinajstić information content (AvgIpc) is 2.53. The Bertz CT molecular complexity index is 246. The van der Waals surface area contributed by atoms with Crippen LogP contribution in [0, 0.1) is 0 Å². The van der Waals surface area contributed by atoms with E-state index >= 15 is 0 Å². The molecule has 0 aromatic carbocycles. The minimum Gasteiger partial charge on any atom is -0.326 e.